The van der Waals surface area contributed by atoms with Crippen molar-refractivity contribution in [2.45, 2.75) is 20.3 Å². The fraction of sp³-hybridized carbons (Fsp3) is 0.538. The summed E-state index contributed by atoms with van der Waals surface area (Å²) in [5, 5.41) is 2.77. The fourth-order valence-corrected chi connectivity index (χ4v) is 2.06. The summed E-state index contributed by atoms with van der Waals surface area (Å²) in [6, 6.07) is 1.71. The number of carbonyl (C=O) groups is 2. The molecule has 0 radical (unpaired) electrons. The average Bonchev–Trinajstić information content (AvgIpc) is 2.71. The van der Waals surface area contributed by atoms with Gasteiger partial charge in [0.05, 0.1) is 12.2 Å². The summed E-state index contributed by atoms with van der Waals surface area (Å²) in [5.74, 6) is 1.13. The third-order valence-electron chi connectivity index (χ3n) is 3.01. The number of hydrogen-bond acceptors (Lipinski definition) is 4. The summed E-state index contributed by atoms with van der Waals surface area (Å²) < 4.78 is 10.2. The molecule has 1 aromatic rings. The molecule has 19 heavy (non-hydrogen) atoms. The van der Waals surface area contributed by atoms with Gasteiger partial charge < -0.3 is 19.4 Å². The highest BCUT2D eigenvalue weighted by Gasteiger charge is 2.19. The number of aryl methyl sites for hydroxylation is 2. The normalized spacial score (nSPS) is 15.3. The second kappa shape index (κ2) is 5.77. The molecular formula is C13H18N2O4. The smallest absolute Gasteiger partial charge is 0.409 e. The molecule has 1 aliphatic heterocycles. The molecule has 0 unspecified atom stereocenters. The average molecular weight is 266 g/mol. The molecule has 0 aromatic carbocycles. The molecule has 1 N–H and O–H groups in total. The highest BCUT2D eigenvalue weighted by Crippen LogP contribution is 2.13. The Hall–Kier alpha value is -1.98. The minimum Gasteiger partial charge on any atom is -0.466 e. The zero-order chi connectivity index (χ0) is 13.8. The zero-order valence-electron chi connectivity index (χ0n) is 11.2. The highest BCUT2D eigenvalue weighted by atomic mass is 16.6. The van der Waals surface area contributed by atoms with Gasteiger partial charge in [0.15, 0.2) is 0 Å². The maximum atomic E-state index is 11.9. The second-order valence-corrected chi connectivity index (χ2v) is 4.54. The van der Waals surface area contributed by atoms with Gasteiger partial charge in [0.2, 0.25) is 0 Å². The first kappa shape index (κ1) is 13.5. The molecule has 6 heteroatoms. The Balaban J connectivity index is 1.81. The van der Waals surface area contributed by atoms with Crippen LogP contribution in [0.1, 0.15) is 28.3 Å². The van der Waals surface area contributed by atoms with Crippen molar-refractivity contribution in [3.63, 3.8) is 0 Å². The van der Waals surface area contributed by atoms with Gasteiger partial charge in [-0.3, -0.25) is 4.79 Å². The number of cyclic esters (lactones) is 1. The largest absolute Gasteiger partial charge is 0.466 e. The molecule has 0 spiro atoms. The molecule has 1 aromatic heterocycles. The van der Waals surface area contributed by atoms with E-state index in [1.54, 1.807) is 24.8 Å². The van der Waals surface area contributed by atoms with E-state index in [0.717, 1.165) is 6.42 Å². The highest BCUT2D eigenvalue weighted by molar-refractivity contribution is 5.95. The van der Waals surface area contributed by atoms with Crippen LogP contribution in [0.2, 0.25) is 0 Å². The number of ether oxygens (including phenoxy) is 1. The van der Waals surface area contributed by atoms with Gasteiger partial charge in [-0.25, -0.2) is 4.79 Å². The quantitative estimate of drug-likeness (QED) is 0.895. The summed E-state index contributed by atoms with van der Waals surface area (Å²) >= 11 is 0. The van der Waals surface area contributed by atoms with Crippen molar-refractivity contribution in [2.75, 3.05) is 26.2 Å². The molecule has 2 amide bonds. The Morgan fingerprint density at radius 1 is 1.47 bits per heavy atom. The van der Waals surface area contributed by atoms with Crippen molar-refractivity contribution < 1.29 is 18.7 Å². The van der Waals surface area contributed by atoms with Crippen LogP contribution in [-0.2, 0) is 4.74 Å². The molecule has 6 nitrogen and oxygen atoms in total. The van der Waals surface area contributed by atoms with Crippen LogP contribution in [0.3, 0.4) is 0 Å². The van der Waals surface area contributed by atoms with Gasteiger partial charge in [0.25, 0.3) is 5.91 Å². The monoisotopic (exact) mass is 266 g/mol. The fourth-order valence-electron chi connectivity index (χ4n) is 2.06. The zero-order valence-corrected chi connectivity index (χ0v) is 11.2. The molecule has 104 valence electrons. The molecule has 0 bridgehead atoms. The van der Waals surface area contributed by atoms with E-state index in [9.17, 15) is 9.59 Å². The van der Waals surface area contributed by atoms with E-state index in [4.69, 9.17) is 9.15 Å². The first-order valence-electron chi connectivity index (χ1n) is 6.35. The van der Waals surface area contributed by atoms with E-state index in [1.165, 1.54) is 0 Å². The number of nitrogens with zero attached hydrogens (tertiary/aromatic N) is 1. The van der Waals surface area contributed by atoms with E-state index in [-0.39, 0.29) is 12.0 Å². The van der Waals surface area contributed by atoms with Crippen LogP contribution < -0.4 is 5.32 Å². The lowest BCUT2D eigenvalue weighted by Gasteiger charge is -2.26. The first-order valence-corrected chi connectivity index (χ1v) is 6.35. The van der Waals surface area contributed by atoms with Gasteiger partial charge in [-0.2, -0.15) is 0 Å². The van der Waals surface area contributed by atoms with Crippen LogP contribution in [0.15, 0.2) is 10.5 Å². The molecule has 2 rings (SSSR count). The van der Waals surface area contributed by atoms with Gasteiger partial charge in [0, 0.05) is 19.6 Å². The minimum absolute atomic E-state index is 0.181. The summed E-state index contributed by atoms with van der Waals surface area (Å²) in [6.07, 6.45) is 0.524. The lowest BCUT2D eigenvalue weighted by molar-refractivity contribution is 0.0719. The van der Waals surface area contributed by atoms with Crippen molar-refractivity contribution in [1.29, 1.82) is 0 Å². The Labute approximate surface area is 111 Å². The summed E-state index contributed by atoms with van der Waals surface area (Å²) in [6.45, 7) is 5.57. The molecule has 0 atom stereocenters. The molecule has 0 aliphatic carbocycles. The van der Waals surface area contributed by atoms with Crippen molar-refractivity contribution >= 4 is 12.0 Å². The van der Waals surface area contributed by atoms with E-state index < -0.39 is 0 Å². The summed E-state index contributed by atoms with van der Waals surface area (Å²) in [7, 11) is 0. The van der Waals surface area contributed by atoms with Crippen LogP contribution in [-0.4, -0.2) is 43.1 Å². The Morgan fingerprint density at radius 3 is 2.89 bits per heavy atom. The number of hydrogen-bond donors (Lipinski definition) is 1. The molecule has 1 aliphatic rings. The minimum atomic E-state index is -0.309. The maximum absolute atomic E-state index is 11.9. The number of carbonyl (C=O) groups excluding carboxylic acids is 2. The Morgan fingerprint density at radius 2 is 2.26 bits per heavy atom. The Bertz CT molecular complexity index is 481. The van der Waals surface area contributed by atoms with Crippen molar-refractivity contribution in [1.82, 2.24) is 10.2 Å². The van der Waals surface area contributed by atoms with Crippen molar-refractivity contribution in [3.05, 3.63) is 23.2 Å². The lowest BCUT2D eigenvalue weighted by atomic mass is 10.2. The van der Waals surface area contributed by atoms with Crippen molar-refractivity contribution in [2.24, 2.45) is 0 Å². The van der Waals surface area contributed by atoms with Gasteiger partial charge in [0.1, 0.15) is 11.5 Å². The third kappa shape index (κ3) is 3.27. The summed E-state index contributed by atoms with van der Waals surface area (Å²) in [5.41, 5.74) is 0.540. The maximum Gasteiger partial charge on any atom is 0.409 e. The van der Waals surface area contributed by atoms with Crippen LogP contribution in [0, 0.1) is 13.8 Å². The number of rotatable bonds is 4. The molecule has 1 saturated heterocycles. The third-order valence-corrected chi connectivity index (χ3v) is 3.01. The number of nitrogens with one attached hydrogen (secondary N) is 1. The standard InChI is InChI=1S/C13H18N2O4/c1-9-8-11(10(2)19-9)12(16)14-4-6-15-5-3-7-18-13(15)17/h8H,3-7H2,1-2H3,(H,14,16). The van der Waals surface area contributed by atoms with Crippen LogP contribution in [0.25, 0.3) is 0 Å². The Kier molecular flexibility index (Phi) is 4.09. The van der Waals surface area contributed by atoms with E-state index in [1.807, 2.05) is 0 Å². The van der Waals surface area contributed by atoms with Crippen molar-refractivity contribution in [3.8, 4) is 0 Å². The molecule has 1 fully saturated rings. The van der Waals surface area contributed by atoms with Gasteiger partial charge in [-0.05, 0) is 26.3 Å². The van der Waals surface area contributed by atoms with Gasteiger partial charge in [-0.15, -0.1) is 0 Å². The summed E-state index contributed by atoms with van der Waals surface area (Å²) in [4.78, 5) is 24.9. The van der Waals surface area contributed by atoms with E-state index >= 15 is 0 Å². The second-order valence-electron chi connectivity index (χ2n) is 4.54. The predicted molar refractivity (Wildman–Crippen MR) is 68.1 cm³/mol. The van der Waals surface area contributed by atoms with Crippen LogP contribution in [0.4, 0.5) is 4.79 Å². The number of furan rings is 1. The first-order chi connectivity index (χ1) is 9.08. The van der Waals surface area contributed by atoms with E-state index in [2.05, 4.69) is 5.32 Å². The number of amides is 2. The van der Waals surface area contributed by atoms with Gasteiger partial charge in [-0.1, -0.05) is 0 Å². The van der Waals surface area contributed by atoms with Gasteiger partial charge >= 0.3 is 6.09 Å². The van der Waals surface area contributed by atoms with E-state index in [0.29, 0.717) is 43.3 Å². The molecule has 2 heterocycles. The molecule has 0 saturated carbocycles. The topological polar surface area (TPSA) is 71.8 Å². The molecular weight excluding hydrogens is 248 g/mol. The predicted octanol–water partition coefficient (Wildman–Crippen LogP) is 1.47. The van der Waals surface area contributed by atoms with Crippen LogP contribution in [0.5, 0.6) is 0 Å². The van der Waals surface area contributed by atoms with Crippen LogP contribution >= 0.6 is 0 Å². The lowest BCUT2D eigenvalue weighted by Crippen LogP contribution is -2.42. The SMILES string of the molecule is Cc1cc(C(=O)NCCN2CCCOC2=O)c(C)o1.